The first kappa shape index (κ1) is 9.48. The average molecular weight is 173 g/mol. The number of carbonyl (C=O) groups excluding carboxylic acids is 1. The quantitative estimate of drug-likeness (QED) is 0.633. The standard InChI is InChI=1S/C8H15NO3/c1-2-3-4-7(10)12-8-5-9-6-11-8/h8-9H,2-6H2,1H3. The van der Waals surface area contributed by atoms with E-state index in [4.69, 9.17) is 9.47 Å². The monoisotopic (exact) mass is 173 g/mol. The maximum absolute atomic E-state index is 11.0. The van der Waals surface area contributed by atoms with Crippen molar-refractivity contribution >= 4 is 5.97 Å². The number of esters is 1. The molecular weight excluding hydrogens is 158 g/mol. The van der Waals surface area contributed by atoms with Crippen molar-refractivity contribution in [3.8, 4) is 0 Å². The number of hydrogen-bond donors (Lipinski definition) is 1. The number of ether oxygens (including phenoxy) is 2. The maximum Gasteiger partial charge on any atom is 0.308 e. The fourth-order valence-electron chi connectivity index (χ4n) is 0.990. The van der Waals surface area contributed by atoms with E-state index in [9.17, 15) is 4.79 Å². The molecule has 0 saturated carbocycles. The van der Waals surface area contributed by atoms with Crippen LogP contribution in [-0.4, -0.2) is 25.5 Å². The smallest absolute Gasteiger partial charge is 0.308 e. The highest BCUT2D eigenvalue weighted by atomic mass is 16.7. The summed E-state index contributed by atoms with van der Waals surface area (Å²) in [5, 5.41) is 2.93. The molecule has 1 N–H and O–H groups in total. The predicted octanol–water partition coefficient (Wildman–Crippen LogP) is 0.623. The van der Waals surface area contributed by atoms with E-state index in [0.29, 0.717) is 19.7 Å². The molecule has 1 heterocycles. The molecule has 70 valence electrons. The van der Waals surface area contributed by atoms with Crippen LogP contribution in [0.4, 0.5) is 0 Å². The second-order valence-electron chi connectivity index (χ2n) is 2.79. The molecule has 1 unspecified atom stereocenters. The zero-order valence-electron chi connectivity index (χ0n) is 7.34. The van der Waals surface area contributed by atoms with Crippen molar-refractivity contribution in [1.29, 1.82) is 0 Å². The molecule has 0 amide bonds. The van der Waals surface area contributed by atoms with Gasteiger partial charge in [-0.15, -0.1) is 0 Å². The first-order valence-corrected chi connectivity index (χ1v) is 4.34. The summed E-state index contributed by atoms with van der Waals surface area (Å²) < 4.78 is 10.0. The Morgan fingerprint density at radius 2 is 2.58 bits per heavy atom. The third-order valence-corrected chi connectivity index (χ3v) is 1.68. The van der Waals surface area contributed by atoms with Crippen LogP contribution in [0.5, 0.6) is 0 Å². The summed E-state index contributed by atoms with van der Waals surface area (Å²) in [5.41, 5.74) is 0. The number of hydrogen-bond acceptors (Lipinski definition) is 4. The van der Waals surface area contributed by atoms with Crippen molar-refractivity contribution in [2.45, 2.75) is 32.5 Å². The van der Waals surface area contributed by atoms with Gasteiger partial charge in [-0.25, -0.2) is 0 Å². The highest BCUT2D eigenvalue weighted by Gasteiger charge is 2.18. The molecule has 0 aromatic carbocycles. The summed E-state index contributed by atoms with van der Waals surface area (Å²) in [7, 11) is 0. The van der Waals surface area contributed by atoms with Crippen LogP contribution >= 0.6 is 0 Å². The Labute approximate surface area is 72.2 Å². The highest BCUT2D eigenvalue weighted by Crippen LogP contribution is 2.03. The molecule has 0 spiro atoms. The van der Waals surface area contributed by atoms with E-state index in [1.807, 2.05) is 6.92 Å². The first-order chi connectivity index (χ1) is 5.83. The molecule has 1 aliphatic rings. The van der Waals surface area contributed by atoms with Crippen LogP contribution in [0.3, 0.4) is 0 Å². The fraction of sp³-hybridized carbons (Fsp3) is 0.875. The van der Waals surface area contributed by atoms with Crippen LogP contribution in [0.1, 0.15) is 26.2 Å². The summed E-state index contributed by atoms with van der Waals surface area (Å²) in [6, 6.07) is 0. The Bertz CT molecular complexity index is 143. The molecule has 1 fully saturated rings. The topological polar surface area (TPSA) is 47.6 Å². The van der Waals surface area contributed by atoms with Gasteiger partial charge in [0.25, 0.3) is 0 Å². The van der Waals surface area contributed by atoms with Gasteiger partial charge in [0.15, 0.2) is 0 Å². The van der Waals surface area contributed by atoms with Crippen LogP contribution in [0.15, 0.2) is 0 Å². The van der Waals surface area contributed by atoms with Crippen LogP contribution in [0, 0.1) is 0 Å². The van der Waals surface area contributed by atoms with E-state index < -0.39 is 0 Å². The molecule has 1 aliphatic heterocycles. The van der Waals surface area contributed by atoms with Gasteiger partial charge in [0.1, 0.15) is 6.73 Å². The van der Waals surface area contributed by atoms with Crippen LogP contribution < -0.4 is 5.32 Å². The zero-order chi connectivity index (χ0) is 8.81. The Morgan fingerprint density at radius 1 is 1.75 bits per heavy atom. The Hall–Kier alpha value is -0.610. The Balaban J connectivity index is 2.08. The molecule has 0 aromatic rings. The van der Waals surface area contributed by atoms with Crippen molar-refractivity contribution in [2.75, 3.05) is 13.3 Å². The van der Waals surface area contributed by atoms with Crippen molar-refractivity contribution < 1.29 is 14.3 Å². The third kappa shape index (κ3) is 3.19. The van der Waals surface area contributed by atoms with E-state index in [0.717, 1.165) is 12.8 Å². The Morgan fingerprint density at radius 3 is 3.17 bits per heavy atom. The number of carbonyl (C=O) groups is 1. The predicted molar refractivity (Wildman–Crippen MR) is 43.4 cm³/mol. The van der Waals surface area contributed by atoms with Crippen LogP contribution in [0.2, 0.25) is 0 Å². The molecule has 12 heavy (non-hydrogen) atoms. The minimum absolute atomic E-state index is 0.162. The highest BCUT2D eigenvalue weighted by molar-refractivity contribution is 5.69. The van der Waals surface area contributed by atoms with E-state index in [1.165, 1.54) is 0 Å². The lowest BCUT2D eigenvalue weighted by Crippen LogP contribution is -2.21. The molecule has 1 rings (SSSR count). The van der Waals surface area contributed by atoms with Crippen LogP contribution in [-0.2, 0) is 14.3 Å². The number of unbranched alkanes of at least 4 members (excludes halogenated alkanes) is 1. The van der Waals surface area contributed by atoms with Gasteiger partial charge in [-0.05, 0) is 6.42 Å². The van der Waals surface area contributed by atoms with Gasteiger partial charge in [-0.2, -0.15) is 0 Å². The van der Waals surface area contributed by atoms with Gasteiger partial charge in [-0.1, -0.05) is 13.3 Å². The summed E-state index contributed by atoms with van der Waals surface area (Å²) in [5.74, 6) is -0.162. The zero-order valence-corrected chi connectivity index (χ0v) is 7.34. The fourth-order valence-corrected chi connectivity index (χ4v) is 0.990. The molecular formula is C8H15NO3. The Kier molecular flexibility index (Phi) is 4.04. The van der Waals surface area contributed by atoms with Crippen molar-refractivity contribution in [3.05, 3.63) is 0 Å². The third-order valence-electron chi connectivity index (χ3n) is 1.68. The van der Waals surface area contributed by atoms with Gasteiger partial charge in [0, 0.05) is 6.42 Å². The summed E-state index contributed by atoms with van der Waals surface area (Å²) >= 11 is 0. The van der Waals surface area contributed by atoms with Crippen molar-refractivity contribution in [3.63, 3.8) is 0 Å². The second kappa shape index (κ2) is 5.11. The molecule has 1 atom stereocenters. The molecule has 0 aliphatic carbocycles. The number of nitrogens with one attached hydrogen (secondary N) is 1. The van der Waals surface area contributed by atoms with Crippen molar-refractivity contribution in [2.24, 2.45) is 0 Å². The van der Waals surface area contributed by atoms with Crippen molar-refractivity contribution in [1.82, 2.24) is 5.32 Å². The van der Waals surface area contributed by atoms with E-state index >= 15 is 0 Å². The average Bonchev–Trinajstić information content (AvgIpc) is 2.53. The summed E-state index contributed by atoms with van der Waals surface area (Å²) in [6.07, 6.45) is 2.03. The van der Waals surface area contributed by atoms with E-state index in [1.54, 1.807) is 0 Å². The molecule has 0 radical (unpaired) electrons. The lowest BCUT2D eigenvalue weighted by molar-refractivity contribution is -0.168. The summed E-state index contributed by atoms with van der Waals surface area (Å²) in [6.45, 7) is 3.13. The normalized spacial score (nSPS) is 22.6. The van der Waals surface area contributed by atoms with Gasteiger partial charge in [-0.3, -0.25) is 10.1 Å². The SMILES string of the molecule is CCCCC(=O)OC1CNCO1. The van der Waals surface area contributed by atoms with Crippen LogP contribution in [0.25, 0.3) is 0 Å². The molecule has 0 bridgehead atoms. The molecule has 1 saturated heterocycles. The van der Waals surface area contributed by atoms with Gasteiger partial charge in [0.05, 0.1) is 6.54 Å². The summed E-state index contributed by atoms with van der Waals surface area (Å²) in [4.78, 5) is 11.0. The minimum atomic E-state index is -0.366. The maximum atomic E-state index is 11.0. The molecule has 4 heteroatoms. The molecule has 0 aromatic heterocycles. The lowest BCUT2D eigenvalue weighted by Gasteiger charge is -2.09. The molecule has 4 nitrogen and oxygen atoms in total. The minimum Gasteiger partial charge on any atom is -0.434 e. The van der Waals surface area contributed by atoms with Gasteiger partial charge < -0.3 is 9.47 Å². The van der Waals surface area contributed by atoms with Gasteiger partial charge >= 0.3 is 5.97 Å². The number of rotatable bonds is 4. The van der Waals surface area contributed by atoms with Gasteiger partial charge in [0.2, 0.25) is 6.29 Å². The van der Waals surface area contributed by atoms with E-state index in [2.05, 4.69) is 5.32 Å². The second-order valence-corrected chi connectivity index (χ2v) is 2.79. The van der Waals surface area contributed by atoms with E-state index in [-0.39, 0.29) is 12.3 Å². The largest absolute Gasteiger partial charge is 0.434 e. The first-order valence-electron chi connectivity index (χ1n) is 4.34. The lowest BCUT2D eigenvalue weighted by atomic mass is 10.2.